The maximum absolute atomic E-state index is 13.5. The first-order valence-electron chi connectivity index (χ1n) is 5.83. The van der Waals surface area contributed by atoms with E-state index in [2.05, 4.69) is 20.4 Å². The monoisotopic (exact) mass is 278 g/mol. The lowest BCUT2D eigenvalue weighted by molar-refractivity contribution is 0.436. The number of nitrogens with two attached hydrogens (primary N) is 1. The number of aryl methyl sites for hydroxylation is 1. The molecule has 106 valence electrons. The zero-order valence-electron chi connectivity index (χ0n) is 11.4. The quantitative estimate of drug-likeness (QED) is 0.646. The molecular formula is C12H15FN6O. The van der Waals surface area contributed by atoms with Gasteiger partial charge >= 0.3 is 6.01 Å². The number of nitrogens with zero attached hydrogens (tertiary/aromatic N) is 4. The molecule has 0 bridgehead atoms. The maximum Gasteiger partial charge on any atom is 0.328 e. The second kappa shape index (κ2) is 5.66. The van der Waals surface area contributed by atoms with Gasteiger partial charge < -0.3 is 9.64 Å². The van der Waals surface area contributed by atoms with Gasteiger partial charge in [-0.05, 0) is 18.6 Å². The highest BCUT2D eigenvalue weighted by Gasteiger charge is 2.10. The minimum atomic E-state index is -0.360. The summed E-state index contributed by atoms with van der Waals surface area (Å²) in [7, 11) is 3.54. The van der Waals surface area contributed by atoms with Crippen molar-refractivity contribution >= 4 is 11.9 Å². The molecule has 0 unspecified atom stereocenters. The summed E-state index contributed by atoms with van der Waals surface area (Å²) in [5.41, 5.74) is 2.86. The first-order valence-corrected chi connectivity index (χ1v) is 5.83. The maximum atomic E-state index is 13.5. The molecule has 1 aromatic heterocycles. The molecule has 0 radical (unpaired) electrons. The molecule has 0 atom stereocenters. The van der Waals surface area contributed by atoms with Crippen LogP contribution in [0.1, 0.15) is 5.56 Å². The van der Waals surface area contributed by atoms with E-state index in [9.17, 15) is 4.39 Å². The van der Waals surface area contributed by atoms with Crippen LogP contribution < -0.4 is 20.9 Å². The van der Waals surface area contributed by atoms with Gasteiger partial charge in [0.2, 0.25) is 11.9 Å². The van der Waals surface area contributed by atoms with Gasteiger partial charge in [-0.25, -0.2) is 10.2 Å². The van der Waals surface area contributed by atoms with Crippen LogP contribution in [-0.4, -0.2) is 29.0 Å². The zero-order valence-corrected chi connectivity index (χ0v) is 11.4. The Bertz CT molecular complexity index is 619. The van der Waals surface area contributed by atoms with Gasteiger partial charge in [-0.3, -0.25) is 5.43 Å². The number of hydrogen-bond donors (Lipinski definition) is 2. The number of benzene rings is 1. The molecule has 0 amide bonds. The highest BCUT2D eigenvalue weighted by molar-refractivity contribution is 5.37. The van der Waals surface area contributed by atoms with E-state index in [1.54, 1.807) is 38.1 Å². The average molecular weight is 278 g/mol. The van der Waals surface area contributed by atoms with Crippen LogP contribution in [0.2, 0.25) is 0 Å². The lowest BCUT2D eigenvalue weighted by Gasteiger charge is -2.12. The van der Waals surface area contributed by atoms with Crippen molar-refractivity contribution in [3.8, 4) is 11.8 Å². The molecule has 1 aromatic carbocycles. The van der Waals surface area contributed by atoms with E-state index < -0.39 is 0 Å². The summed E-state index contributed by atoms with van der Waals surface area (Å²) >= 11 is 0. The minimum Gasteiger partial charge on any atom is -0.424 e. The van der Waals surface area contributed by atoms with Crippen LogP contribution in [0.4, 0.5) is 16.3 Å². The Labute approximate surface area is 115 Å². The van der Waals surface area contributed by atoms with E-state index in [0.717, 1.165) is 0 Å². The molecular weight excluding hydrogens is 263 g/mol. The lowest BCUT2D eigenvalue weighted by Crippen LogP contribution is -2.17. The first-order chi connectivity index (χ1) is 9.49. The molecule has 0 aliphatic rings. The summed E-state index contributed by atoms with van der Waals surface area (Å²) in [6.07, 6.45) is 0. The molecule has 0 saturated carbocycles. The third-order valence-electron chi connectivity index (χ3n) is 2.48. The van der Waals surface area contributed by atoms with Crippen molar-refractivity contribution in [2.45, 2.75) is 6.92 Å². The predicted octanol–water partition coefficient (Wildman–Crippen LogP) is 1.46. The number of aromatic nitrogens is 3. The van der Waals surface area contributed by atoms with Gasteiger partial charge in [0.15, 0.2) is 0 Å². The molecule has 1 heterocycles. The number of nitrogens with one attached hydrogen (secondary N) is 1. The van der Waals surface area contributed by atoms with Crippen LogP contribution >= 0.6 is 0 Å². The topological polar surface area (TPSA) is 89.2 Å². The molecule has 2 rings (SSSR count). The van der Waals surface area contributed by atoms with E-state index in [1.807, 2.05) is 0 Å². The summed E-state index contributed by atoms with van der Waals surface area (Å²) in [6, 6.07) is 4.54. The Hall–Kier alpha value is -2.48. The molecule has 0 fully saturated rings. The van der Waals surface area contributed by atoms with Crippen molar-refractivity contribution in [2.75, 3.05) is 24.4 Å². The average Bonchev–Trinajstić information content (AvgIpc) is 2.42. The standard InChI is InChI=1S/C12H15FN6O/c1-7-4-5-8(6-9(7)13)20-12-16-10(18-14)15-11(17-12)19(2)3/h4-6H,14H2,1-3H3,(H,15,16,17,18). The predicted molar refractivity (Wildman–Crippen MR) is 73.2 cm³/mol. The van der Waals surface area contributed by atoms with E-state index in [0.29, 0.717) is 17.3 Å². The number of nitrogen functional groups attached to an aromatic ring is 1. The summed E-state index contributed by atoms with van der Waals surface area (Å²) in [4.78, 5) is 13.8. The van der Waals surface area contributed by atoms with Crippen LogP contribution in [0.5, 0.6) is 11.8 Å². The van der Waals surface area contributed by atoms with Gasteiger partial charge in [-0.1, -0.05) is 6.07 Å². The SMILES string of the molecule is Cc1ccc(Oc2nc(NN)nc(N(C)C)n2)cc1F. The fourth-order valence-electron chi connectivity index (χ4n) is 1.40. The Kier molecular flexibility index (Phi) is 3.94. The second-order valence-corrected chi connectivity index (χ2v) is 4.29. The Balaban J connectivity index is 2.32. The molecule has 0 spiro atoms. The molecule has 2 aromatic rings. The second-order valence-electron chi connectivity index (χ2n) is 4.29. The number of anilines is 2. The smallest absolute Gasteiger partial charge is 0.328 e. The van der Waals surface area contributed by atoms with E-state index in [-0.39, 0.29) is 17.8 Å². The lowest BCUT2D eigenvalue weighted by atomic mass is 10.2. The minimum absolute atomic E-state index is 0.0277. The number of ether oxygens (including phenoxy) is 1. The molecule has 0 aliphatic carbocycles. The highest BCUT2D eigenvalue weighted by Crippen LogP contribution is 2.22. The van der Waals surface area contributed by atoms with Gasteiger partial charge in [0, 0.05) is 20.2 Å². The van der Waals surface area contributed by atoms with Gasteiger partial charge in [-0.15, -0.1) is 0 Å². The normalized spacial score (nSPS) is 10.2. The number of hydrazine groups is 1. The molecule has 8 heteroatoms. The summed E-state index contributed by atoms with van der Waals surface area (Å²) < 4.78 is 18.9. The van der Waals surface area contributed by atoms with E-state index >= 15 is 0 Å². The number of hydrogen-bond acceptors (Lipinski definition) is 7. The third-order valence-corrected chi connectivity index (χ3v) is 2.48. The Morgan fingerprint density at radius 1 is 1.25 bits per heavy atom. The molecule has 7 nitrogen and oxygen atoms in total. The first kappa shape index (κ1) is 13.9. The van der Waals surface area contributed by atoms with Crippen molar-refractivity contribution in [3.05, 3.63) is 29.6 Å². The van der Waals surface area contributed by atoms with Gasteiger partial charge in [0.05, 0.1) is 0 Å². The van der Waals surface area contributed by atoms with Gasteiger partial charge in [0.25, 0.3) is 0 Å². The molecule has 0 aliphatic heterocycles. The van der Waals surface area contributed by atoms with Crippen molar-refractivity contribution in [3.63, 3.8) is 0 Å². The number of rotatable bonds is 4. The van der Waals surface area contributed by atoms with Crippen molar-refractivity contribution < 1.29 is 9.13 Å². The fraction of sp³-hybridized carbons (Fsp3) is 0.250. The Morgan fingerprint density at radius 3 is 2.60 bits per heavy atom. The summed E-state index contributed by atoms with van der Waals surface area (Å²) in [5.74, 6) is 5.76. The molecule has 0 saturated heterocycles. The highest BCUT2D eigenvalue weighted by atomic mass is 19.1. The van der Waals surface area contributed by atoms with Gasteiger partial charge in [0.1, 0.15) is 11.6 Å². The van der Waals surface area contributed by atoms with Crippen molar-refractivity contribution in [2.24, 2.45) is 5.84 Å². The molecule has 20 heavy (non-hydrogen) atoms. The third kappa shape index (κ3) is 3.09. The van der Waals surface area contributed by atoms with E-state index in [4.69, 9.17) is 10.6 Å². The molecule has 3 N–H and O–H groups in total. The van der Waals surface area contributed by atoms with Crippen molar-refractivity contribution in [1.82, 2.24) is 15.0 Å². The van der Waals surface area contributed by atoms with Crippen LogP contribution in [0, 0.1) is 12.7 Å². The van der Waals surface area contributed by atoms with Crippen molar-refractivity contribution in [1.29, 1.82) is 0 Å². The van der Waals surface area contributed by atoms with Crippen LogP contribution in [0.25, 0.3) is 0 Å². The fourth-order valence-corrected chi connectivity index (χ4v) is 1.40. The van der Waals surface area contributed by atoms with Crippen LogP contribution in [0.15, 0.2) is 18.2 Å². The summed E-state index contributed by atoms with van der Waals surface area (Å²) in [5, 5.41) is 0. The Morgan fingerprint density at radius 2 is 2.00 bits per heavy atom. The van der Waals surface area contributed by atoms with Crippen LogP contribution in [-0.2, 0) is 0 Å². The van der Waals surface area contributed by atoms with E-state index in [1.165, 1.54) is 6.07 Å². The van der Waals surface area contributed by atoms with Gasteiger partial charge in [-0.2, -0.15) is 15.0 Å². The number of halogens is 1. The summed E-state index contributed by atoms with van der Waals surface area (Å²) in [6.45, 7) is 1.67. The largest absolute Gasteiger partial charge is 0.424 e. The zero-order chi connectivity index (χ0) is 14.7. The van der Waals surface area contributed by atoms with Crippen LogP contribution in [0.3, 0.4) is 0 Å².